The molecule has 12 aromatic rings. The standard InChI is InChI=1S/C63H43N5/c1-40-33-53(34-41(2)65-40)44-15-17-45(18-16-44)54-36-55(51-29-30-59-52(35-51)28-23-46-11-6-7-13-57(46)59)38-56(37-54)63-67-61(49-24-19-43(20-25-49)42-9-4-3-5-10-42)66-62(68-63)50-26-21-48(22-27-50)58-14-8-12-47-31-32-64-39-60(47)58/h3-39H,1-2H3. The Morgan fingerprint density at radius 1 is 0.265 bits per heavy atom. The van der Waals surface area contributed by atoms with Gasteiger partial charge in [-0.15, -0.1) is 0 Å². The van der Waals surface area contributed by atoms with Gasteiger partial charge in [0.25, 0.3) is 0 Å². The SMILES string of the molecule is Cc1cc(-c2ccc(-c3cc(-c4ccc5c(ccc6ccccc65)c4)cc(-c4nc(-c5ccc(-c6ccccc6)cc5)nc(-c5ccc(-c6cccc7ccncc67)cc5)n4)c3)cc2)cc(C)n1. The molecule has 3 aromatic heterocycles. The van der Waals surface area contributed by atoms with Crippen molar-refractivity contribution in [2.45, 2.75) is 13.8 Å². The fraction of sp³-hybridized carbons (Fsp3) is 0.0317. The molecule has 0 spiro atoms. The van der Waals surface area contributed by atoms with Gasteiger partial charge in [-0.25, -0.2) is 15.0 Å². The molecule has 320 valence electrons. The Morgan fingerprint density at radius 3 is 1.43 bits per heavy atom. The van der Waals surface area contributed by atoms with Gasteiger partial charge in [-0.3, -0.25) is 9.97 Å². The van der Waals surface area contributed by atoms with E-state index in [0.29, 0.717) is 17.5 Å². The van der Waals surface area contributed by atoms with Crippen LogP contribution in [0.3, 0.4) is 0 Å². The average Bonchev–Trinajstić information content (AvgIpc) is 3.40. The Labute approximate surface area is 395 Å². The third kappa shape index (κ3) is 7.86. The summed E-state index contributed by atoms with van der Waals surface area (Å²) in [6.45, 7) is 4.09. The van der Waals surface area contributed by atoms with Gasteiger partial charge in [0.2, 0.25) is 0 Å². The van der Waals surface area contributed by atoms with Crippen LogP contribution in [0.2, 0.25) is 0 Å². The summed E-state index contributed by atoms with van der Waals surface area (Å²) in [6.07, 6.45) is 3.77. The van der Waals surface area contributed by atoms with Crippen LogP contribution in [0.15, 0.2) is 225 Å². The molecule has 0 N–H and O–H groups in total. The molecule has 68 heavy (non-hydrogen) atoms. The minimum atomic E-state index is 0.593. The summed E-state index contributed by atoms with van der Waals surface area (Å²) >= 11 is 0. The van der Waals surface area contributed by atoms with Crippen molar-refractivity contribution in [3.8, 4) is 89.8 Å². The lowest BCUT2D eigenvalue weighted by Crippen LogP contribution is -2.01. The first kappa shape index (κ1) is 40.6. The number of fused-ring (bicyclic) bond motifs is 4. The van der Waals surface area contributed by atoms with Gasteiger partial charge in [0.05, 0.1) is 0 Å². The molecule has 0 amide bonds. The Morgan fingerprint density at radius 2 is 0.735 bits per heavy atom. The first-order valence-electron chi connectivity index (χ1n) is 22.9. The van der Waals surface area contributed by atoms with E-state index in [0.717, 1.165) is 94.5 Å². The molecule has 0 fully saturated rings. The van der Waals surface area contributed by atoms with Gasteiger partial charge in [0, 0.05) is 45.9 Å². The van der Waals surface area contributed by atoms with Crippen molar-refractivity contribution in [2.24, 2.45) is 0 Å². The predicted molar refractivity (Wildman–Crippen MR) is 281 cm³/mol. The van der Waals surface area contributed by atoms with Crippen LogP contribution in [0.25, 0.3) is 122 Å². The highest BCUT2D eigenvalue weighted by Gasteiger charge is 2.17. The van der Waals surface area contributed by atoms with Gasteiger partial charge in [-0.2, -0.15) is 0 Å². The fourth-order valence-electron chi connectivity index (χ4n) is 9.51. The van der Waals surface area contributed by atoms with E-state index in [2.05, 4.69) is 216 Å². The summed E-state index contributed by atoms with van der Waals surface area (Å²) in [5.41, 5.74) is 15.9. The highest BCUT2D eigenvalue weighted by Crippen LogP contribution is 2.37. The van der Waals surface area contributed by atoms with Gasteiger partial charge in [0.15, 0.2) is 17.5 Å². The number of aromatic nitrogens is 5. The van der Waals surface area contributed by atoms with Crippen molar-refractivity contribution in [3.63, 3.8) is 0 Å². The monoisotopic (exact) mass is 869 g/mol. The van der Waals surface area contributed by atoms with Crippen molar-refractivity contribution in [1.29, 1.82) is 0 Å². The lowest BCUT2D eigenvalue weighted by atomic mass is 9.93. The molecule has 0 saturated carbocycles. The summed E-state index contributed by atoms with van der Waals surface area (Å²) in [7, 11) is 0. The second kappa shape index (κ2) is 17.1. The molecule has 0 saturated heterocycles. The topological polar surface area (TPSA) is 64.5 Å². The van der Waals surface area contributed by atoms with Crippen LogP contribution in [0, 0.1) is 13.8 Å². The van der Waals surface area contributed by atoms with Crippen molar-refractivity contribution >= 4 is 32.3 Å². The molecule has 5 heteroatoms. The maximum Gasteiger partial charge on any atom is 0.164 e. The Hall–Kier alpha value is -8.93. The quantitative estimate of drug-likeness (QED) is 0.142. The van der Waals surface area contributed by atoms with E-state index in [9.17, 15) is 0 Å². The highest BCUT2D eigenvalue weighted by atomic mass is 15.0. The maximum absolute atomic E-state index is 5.30. The number of hydrogen-bond donors (Lipinski definition) is 0. The fourth-order valence-corrected chi connectivity index (χ4v) is 9.51. The van der Waals surface area contributed by atoms with Gasteiger partial charge >= 0.3 is 0 Å². The highest BCUT2D eigenvalue weighted by molar-refractivity contribution is 6.08. The number of nitrogens with zero attached hydrogens (tertiary/aromatic N) is 5. The molecule has 12 rings (SSSR count). The lowest BCUT2D eigenvalue weighted by Gasteiger charge is -2.14. The number of hydrogen-bond acceptors (Lipinski definition) is 5. The smallest absolute Gasteiger partial charge is 0.164 e. The average molecular weight is 870 g/mol. The molecule has 0 radical (unpaired) electrons. The zero-order valence-electron chi connectivity index (χ0n) is 37.6. The molecular weight excluding hydrogens is 827 g/mol. The van der Waals surface area contributed by atoms with Crippen LogP contribution in [-0.4, -0.2) is 24.9 Å². The van der Waals surface area contributed by atoms with E-state index in [1.165, 1.54) is 21.5 Å². The summed E-state index contributed by atoms with van der Waals surface area (Å²) < 4.78 is 0. The lowest BCUT2D eigenvalue weighted by molar-refractivity contribution is 1.07. The molecule has 0 atom stereocenters. The van der Waals surface area contributed by atoms with Gasteiger partial charge in [0.1, 0.15) is 0 Å². The van der Waals surface area contributed by atoms with Gasteiger partial charge in [-0.05, 0) is 139 Å². The molecule has 0 aliphatic heterocycles. The van der Waals surface area contributed by atoms with Crippen molar-refractivity contribution in [2.75, 3.05) is 0 Å². The minimum Gasteiger partial charge on any atom is -0.264 e. The van der Waals surface area contributed by atoms with Crippen molar-refractivity contribution in [1.82, 2.24) is 24.9 Å². The first-order chi connectivity index (χ1) is 33.5. The van der Waals surface area contributed by atoms with Crippen molar-refractivity contribution in [3.05, 3.63) is 236 Å². The molecule has 0 aliphatic carbocycles. The van der Waals surface area contributed by atoms with E-state index in [1.807, 2.05) is 32.3 Å². The molecule has 9 aromatic carbocycles. The zero-order chi connectivity index (χ0) is 45.6. The van der Waals surface area contributed by atoms with Crippen LogP contribution < -0.4 is 0 Å². The summed E-state index contributed by atoms with van der Waals surface area (Å²) in [6, 6.07) is 75.5. The number of pyridine rings is 2. The van der Waals surface area contributed by atoms with Crippen LogP contribution in [0.5, 0.6) is 0 Å². The van der Waals surface area contributed by atoms with Crippen LogP contribution in [0.1, 0.15) is 11.4 Å². The van der Waals surface area contributed by atoms with E-state index >= 15 is 0 Å². The number of benzene rings is 9. The Kier molecular flexibility index (Phi) is 10.2. The normalized spacial score (nSPS) is 11.4. The summed E-state index contributed by atoms with van der Waals surface area (Å²) in [5.74, 6) is 1.79. The van der Waals surface area contributed by atoms with E-state index in [4.69, 9.17) is 15.0 Å². The first-order valence-corrected chi connectivity index (χ1v) is 22.9. The third-order valence-electron chi connectivity index (χ3n) is 12.9. The molecule has 0 aliphatic rings. The molecular formula is C63H43N5. The molecule has 0 unspecified atom stereocenters. The van der Waals surface area contributed by atoms with Crippen molar-refractivity contribution < 1.29 is 0 Å². The summed E-state index contributed by atoms with van der Waals surface area (Å²) in [4.78, 5) is 24.8. The third-order valence-corrected chi connectivity index (χ3v) is 12.9. The maximum atomic E-state index is 5.30. The molecule has 3 heterocycles. The second-order valence-corrected chi connectivity index (χ2v) is 17.5. The number of aryl methyl sites for hydroxylation is 2. The van der Waals surface area contributed by atoms with E-state index < -0.39 is 0 Å². The van der Waals surface area contributed by atoms with E-state index in [1.54, 1.807) is 0 Å². The zero-order valence-corrected chi connectivity index (χ0v) is 37.6. The molecule has 5 nitrogen and oxygen atoms in total. The largest absolute Gasteiger partial charge is 0.264 e. The number of rotatable bonds is 8. The summed E-state index contributed by atoms with van der Waals surface area (Å²) in [5, 5.41) is 7.16. The second-order valence-electron chi connectivity index (χ2n) is 17.5. The minimum absolute atomic E-state index is 0.593. The van der Waals surface area contributed by atoms with E-state index in [-0.39, 0.29) is 0 Å². The van der Waals surface area contributed by atoms with Gasteiger partial charge in [-0.1, -0.05) is 170 Å². The van der Waals surface area contributed by atoms with Crippen LogP contribution in [0.4, 0.5) is 0 Å². The van der Waals surface area contributed by atoms with Crippen LogP contribution in [-0.2, 0) is 0 Å². The van der Waals surface area contributed by atoms with Gasteiger partial charge < -0.3 is 0 Å². The molecule has 0 bridgehead atoms. The Balaban J connectivity index is 1.02. The Bertz CT molecular complexity index is 3820. The van der Waals surface area contributed by atoms with Crippen LogP contribution >= 0.6 is 0 Å². The predicted octanol–water partition coefficient (Wildman–Crippen LogP) is 16.1.